The van der Waals surface area contributed by atoms with Crippen LogP contribution in [0.5, 0.6) is 0 Å². The molecule has 0 saturated carbocycles. The van der Waals surface area contributed by atoms with E-state index >= 15 is 0 Å². The second kappa shape index (κ2) is 9.76. The van der Waals surface area contributed by atoms with Crippen LogP contribution in [0.3, 0.4) is 0 Å². The fourth-order valence-electron chi connectivity index (χ4n) is 3.44. The van der Waals surface area contributed by atoms with Crippen molar-refractivity contribution in [2.45, 2.75) is 33.1 Å². The fraction of sp³-hybridized carbons (Fsp3) is 0.348. The van der Waals surface area contributed by atoms with E-state index in [0.717, 1.165) is 12.0 Å². The Labute approximate surface area is 181 Å². The highest BCUT2D eigenvalue weighted by Crippen LogP contribution is 2.27. The fourth-order valence-corrected chi connectivity index (χ4v) is 3.60. The number of likely N-dealkylation sites (tertiary alicyclic amines) is 1. The molecule has 2 aromatic carbocycles. The quantitative estimate of drug-likeness (QED) is 0.737. The predicted octanol–water partition coefficient (Wildman–Crippen LogP) is 4.49. The highest BCUT2D eigenvalue weighted by atomic mass is 35.5. The molecule has 2 N–H and O–H groups in total. The minimum Gasteiger partial charge on any atom is -0.338 e. The number of hydrogen-bond acceptors (Lipinski definition) is 3. The lowest BCUT2D eigenvalue weighted by Gasteiger charge is -2.32. The van der Waals surface area contributed by atoms with Gasteiger partial charge < -0.3 is 15.5 Å². The van der Waals surface area contributed by atoms with Crippen molar-refractivity contribution in [2.75, 3.05) is 23.7 Å². The van der Waals surface area contributed by atoms with Crippen LogP contribution in [0.1, 0.15) is 42.1 Å². The van der Waals surface area contributed by atoms with Gasteiger partial charge in [0.05, 0.1) is 16.6 Å². The second-order valence-electron chi connectivity index (χ2n) is 7.54. The Hall–Kier alpha value is -2.86. The molecule has 7 heteroatoms. The molecule has 158 valence electrons. The Balaban J connectivity index is 1.67. The second-order valence-corrected chi connectivity index (χ2v) is 7.95. The molecule has 1 atom stereocenters. The maximum absolute atomic E-state index is 12.9. The van der Waals surface area contributed by atoms with Gasteiger partial charge in [0, 0.05) is 30.8 Å². The molecular weight excluding hydrogens is 402 g/mol. The van der Waals surface area contributed by atoms with E-state index < -0.39 is 0 Å². The van der Waals surface area contributed by atoms with Crippen LogP contribution in [-0.4, -0.2) is 35.7 Å². The number of carbonyl (C=O) groups is 3. The first-order valence-corrected chi connectivity index (χ1v) is 10.5. The summed E-state index contributed by atoms with van der Waals surface area (Å²) in [7, 11) is 0. The Morgan fingerprint density at radius 1 is 1.10 bits per heavy atom. The van der Waals surface area contributed by atoms with Gasteiger partial charge in [-0.1, -0.05) is 36.2 Å². The number of hydrogen-bond donors (Lipinski definition) is 2. The number of piperidine rings is 1. The summed E-state index contributed by atoms with van der Waals surface area (Å²) in [5.41, 5.74) is 2.74. The molecule has 2 aromatic rings. The first-order chi connectivity index (χ1) is 14.4. The zero-order valence-corrected chi connectivity index (χ0v) is 18.0. The summed E-state index contributed by atoms with van der Waals surface area (Å²) in [6.45, 7) is 4.74. The average molecular weight is 428 g/mol. The number of aryl methyl sites for hydroxylation is 1. The van der Waals surface area contributed by atoms with E-state index in [0.29, 0.717) is 47.9 Å². The van der Waals surface area contributed by atoms with Crippen molar-refractivity contribution in [3.05, 3.63) is 58.6 Å². The van der Waals surface area contributed by atoms with Gasteiger partial charge in [0.25, 0.3) is 5.91 Å². The molecule has 0 aromatic heterocycles. The summed E-state index contributed by atoms with van der Waals surface area (Å²) in [6, 6.07) is 12.4. The van der Waals surface area contributed by atoms with Crippen LogP contribution in [0.15, 0.2) is 42.5 Å². The Morgan fingerprint density at radius 2 is 1.83 bits per heavy atom. The maximum Gasteiger partial charge on any atom is 0.253 e. The minimum absolute atomic E-state index is 0.0604. The van der Waals surface area contributed by atoms with Crippen LogP contribution < -0.4 is 10.6 Å². The van der Waals surface area contributed by atoms with Crippen molar-refractivity contribution in [1.82, 2.24) is 4.90 Å². The molecule has 1 heterocycles. The number of amides is 3. The van der Waals surface area contributed by atoms with E-state index in [1.54, 1.807) is 30.0 Å². The van der Waals surface area contributed by atoms with E-state index in [-0.39, 0.29) is 23.6 Å². The Bertz CT molecular complexity index is 943. The number of halogens is 1. The van der Waals surface area contributed by atoms with Crippen molar-refractivity contribution >= 4 is 40.7 Å². The summed E-state index contributed by atoms with van der Waals surface area (Å²) in [5, 5.41) is 6.00. The molecule has 0 radical (unpaired) electrons. The van der Waals surface area contributed by atoms with E-state index in [1.807, 2.05) is 31.2 Å². The smallest absolute Gasteiger partial charge is 0.253 e. The van der Waals surface area contributed by atoms with Gasteiger partial charge in [-0.15, -0.1) is 0 Å². The number of anilines is 2. The molecular formula is C23H26ClN3O3. The standard InChI is InChI=1S/C23H26ClN3O3/c1-3-21(28)25-18-10-11-19(24)20(13-18)26-22(29)17-5-4-12-27(14-17)23(30)16-8-6-15(2)7-9-16/h6-11,13,17H,3-5,12,14H2,1-2H3,(H,25,28)(H,26,29). The zero-order valence-electron chi connectivity index (χ0n) is 17.2. The molecule has 1 aliphatic rings. The highest BCUT2D eigenvalue weighted by molar-refractivity contribution is 6.33. The summed E-state index contributed by atoms with van der Waals surface area (Å²) >= 11 is 6.23. The summed E-state index contributed by atoms with van der Waals surface area (Å²) in [5.74, 6) is -0.683. The van der Waals surface area contributed by atoms with E-state index in [9.17, 15) is 14.4 Å². The van der Waals surface area contributed by atoms with Crippen molar-refractivity contribution in [2.24, 2.45) is 5.92 Å². The van der Waals surface area contributed by atoms with Crippen LogP contribution in [0, 0.1) is 12.8 Å². The normalized spacial score (nSPS) is 16.1. The van der Waals surface area contributed by atoms with Gasteiger partial charge >= 0.3 is 0 Å². The lowest BCUT2D eigenvalue weighted by molar-refractivity contribution is -0.121. The van der Waals surface area contributed by atoms with Gasteiger partial charge in [-0.05, 0) is 50.1 Å². The number of nitrogens with zero attached hydrogens (tertiary/aromatic N) is 1. The van der Waals surface area contributed by atoms with Crippen molar-refractivity contribution in [3.63, 3.8) is 0 Å². The first kappa shape index (κ1) is 21.8. The molecule has 30 heavy (non-hydrogen) atoms. The number of benzene rings is 2. The third-order valence-electron chi connectivity index (χ3n) is 5.21. The maximum atomic E-state index is 12.9. The predicted molar refractivity (Wildman–Crippen MR) is 119 cm³/mol. The lowest BCUT2D eigenvalue weighted by Crippen LogP contribution is -2.43. The molecule has 1 fully saturated rings. The number of rotatable bonds is 5. The summed E-state index contributed by atoms with van der Waals surface area (Å²) in [4.78, 5) is 39.0. The third-order valence-corrected chi connectivity index (χ3v) is 5.54. The molecule has 1 saturated heterocycles. The SMILES string of the molecule is CCC(=O)Nc1ccc(Cl)c(NC(=O)C2CCCN(C(=O)c3ccc(C)cc3)C2)c1. The van der Waals surface area contributed by atoms with Gasteiger partial charge in [-0.25, -0.2) is 0 Å². The van der Waals surface area contributed by atoms with Crippen LogP contribution in [0.4, 0.5) is 11.4 Å². The van der Waals surface area contributed by atoms with Crippen LogP contribution in [0.2, 0.25) is 5.02 Å². The third kappa shape index (κ3) is 5.39. The summed E-state index contributed by atoms with van der Waals surface area (Å²) < 4.78 is 0. The van der Waals surface area contributed by atoms with E-state index in [2.05, 4.69) is 10.6 Å². The Morgan fingerprint density at radius 3 is 2.53 bits per heavy atom. The number of nitrogens with one attached hydrogen (secondary N) is 2. The van der Waals surface area contributed by atoms with Crippen LogP contribution in [-0.2, 0) is 9.59 Å². The molecule has 3 amide bonds. The average Bonchev–Trinajstić information content (AvgIpc) is 2.76. The first-order valence-electron chi connectivity index (χ1n) is 10.1. The minimum atomic E-state index is -0.321. The molecule has 1 unspecified atom stereocenters. The van der Waals surface area contributed by atoms with E-state index in [1.165, 1.54) is 0 Å². The summed E-state index contributed by atoms with van der Waals surface area (Å²) in [6.07, 6.45) is 1.82. The topological polar surface area (TPSA) is 78.5 Å². The largest absolute Gasteiger partial charge is 0.338 e. The molecule has 1 aliphatic heterocycles. The van der Waals surface area contributed by atoms with Crippen LogP contribution >= 0.6 is 11.6 Å². The van der Waals surface area contributed by atoms with Crippen molar-refractivity contribution < 1.29 is 14.4 Å². The van der Waals surface area contributed by atoms with Gasteiger partial charge in [0.2, 0.25) is 11.8 Å². The van der Waals surface area contributed by atoms with Crippen molar-refractivity contribution in [1.29, 1.82) is 0 Å². The van der Waals surface area contributed by atoms with Gasteiger partial charge in [-0.2, -0.15) is 0 Å². The van der Waals surface area contributed by atoms with E-state index in [4.69, 9.17) is 11.6 Å². The Kier molecular flexibility index (Phi) is 7.11. The molecule has 0 bridgehead atoms. The lowest BCUT2D eigenvalue weighted by atomic mass is 9.96. The van der Waals surface area contributed by atoms with Crippen molar-refractivity contribution in [3.8, 4) is 0 Å². The molecule has 0 spiro atoms. The van der Waals surface area contributed by atoms with Gasteiger partial charge in [0.15, 0.2) is 0 Å². The monoisotopic (exact) mass is 427 g/mol. The number of carbonyl (C=O) groups excluding carboxylic acids is 3. The molecule has 6 nitrogen and oxygen atoms in total. The highest BCUT2D eigenvalue weighted by Gasteiger charge is 2.29. The van der Waals surface area contributed by atoms with Gasteiger partial charge in [-0.3, -0.25) is 14.4 Å². The van der Waals surface area contributed by atoms with Gasteiger partial charge in [0.1, 0.15) is 0 Å². The zero-order chi connectivity index (χ0) is 21.7. The molecule has 0 aliphatic carbocycles. The molecule has 3 rings (SSSR count). The van der Waals surface area contributed by atoms with Crippen LogP contribution in [0.25, 0.3) is 0 Å².